The number of nitrogens with zero attached hydrogens (tertiary/aromatic N) is 2. The third-order valence-corrected chi connectivity index (χ3v) is 3.69. The highest BCUT2D eigenvalue weighted by Gasteiger charge is 2.18. The lowest BCUT2D eigenvalue weighted by atomic mass is 10.2. The van der Waals surface area contributed by atoms with Crippen LogP contribution in [0.2, 0.25) is 0 Å². The van der Waals surface area contributed by atoms with Crippen molar-refractivity contribution in [3.8, 4) is 5.75 Å². The number of hydrogen-bond donors (Lipinski definition) is 1. The fraction of sp³-hybridized carbons (Fsp3) is 0.571. The molecule has 1 aromatic rings. The fourth-order valence-electron chi connectivity index (χ4n) is 2.59. The van der Waals surface area contributed by atoms with Crippen molar-refractivity contribution in [3.63, 3.8) is 0 Å². The van der Waals surface area contributed by atoms with E-state index in [1.807, 2.05) is 6.07 Å². The Kier molecular flexibility index (Phi) is 7.39. The number of phenolic OH excluding ortho intramolecular Hbond substituents is 1. The van der Waals surface area contributed by atoms with E-state index in [0.717, 1.165) is 64.0 Å². The monoisotopic (exact) mass is 336 g/mol. The number of morpholine rings is 2. The molecule has 0 saturated carbocycles. The lowest BCUT2D eigenvalue weighted by Gasteiger charge is -2.32. The zero-order valence-electron chi connectivity index (χ0n) is 11.9. The minimum absolute atomic E-state index is 0. The molecule has 7 heteroatoms. The molecule has 1 N–H and O–H groups in total. The van der Waals surface area contributed by atoms with Crippen molar-refractivity contribution in [3.05, 3.63) is 18.2 Å². The topological polar surface area (TPSA) is 45.2 Å². The molecular formula is C14H22Cl2N2O3. The highest BCUT2D eigenvalue weighted by molar-refractivity contribution is 5.85. The van der Waals surface area contributed by atoms with Gasteiger partial charge >= 0.3 is 0 Å². The molecule has 0 aliphatic carbocycles. The van der Waals surface area contributed by atoms with E-state index < -0.39 is 0 Å². The van der Waals surface area contributed by atoms with Gasteiger partial charge in [-0.1, -0.05) is 0 Å². The first-order valence-electron chi connectivity index (χ1n) is 6.83. The molecule has 0 aromatic heterocycles. The van der Waals surface area contributed by atoms with Crippen molar-refractivity contribution in [1.29, 1.82) is 0 Å². The molecule has 0 atom stereocenters. The zero-order valence-corrected chi connectivity index (χ0v) is 13.5. The Morgan fingerprint density at radius 1 is 0.810 bits per heavy atom. The van der Waals surface area contributed by atoms with E-state index in [0.29, 0.717) is 5.75 Å². The SMILES string of the molecule is Cl.Cl.Oc1ccc(N2CCOCC2)cc1N1CCOCC1. The van der Waals surface area contributed by atoms with Crippen LogP contribution in [-0.4, -0.2) is 57.7 Å². The second-order valence-electron chi connectivity index (χ2n) is 4.87. The van der Waals surface area contributed by atoms with Gasteiger partial charge in [-0.15, -0.1) is 24.8 Å². The van der Waals surface area contributed by atoms with Gasteiger partial charge in [0, 0.05) is 31.9 Å². The molecule has 0 amide bonds. The van der Waals surface area contributed by atoms with Crippen molar-refractivity contribution in [2.45, 2.75) is 0 Å². The summed E-state index contributed by atoms with van der Waals surface area (Å²) in [5.41, 5.74) is 2.06. The standard InChI is InChI=1S/C14H20N2O3.2ClH/c17-14-2-1-12(15-3-7-18-8-4-15)11-13(14)16-5-9-19-10-6-16;;/h1-2,11,17H,3-10H2;2*1H. The molecule has 3 rings (SSSR count). The Balaban J connectivity index is 0.00000110. The molecule has 0 unspecified atom stereocenters. The minimum Gasteiger partial charge on any atom is -0.506 e. The van der Waals surface area contributed by atoms with Crippen LogP contribution in [0.5, 0.6) is 5.75 Å². The van der Waals surface area contributed by atoms with Gasteiger partial charge in [-0.3, -0.25) is 0 Å². The molecule has 0 spiro atoms. The summed E-state index contributed by atoms with van der Waals surface area (Å²) in [6.07, 6.45) is 0. The van der Waals surface area contributed by atoms with Gasteiger partial charge in [0.2, 0.25) is 0 Å². The maximum absolute atomic E-state index is 10.1. The first kappa shape index (κ1) is 18.2. The van der Waals surface area contributed by atoms with Crippen LogP contribution in [0, 0.1) is 0 Å². The van der Waals surface area contributed by atoms with E-state index in [2.05, 4.69) is 15.9 Å². The predicted molar refractivity (Wildman–Crippen MR) is 88.7 cm³/mol. The molecule has 5 nitrogen and oxygen atoms in total. The van der Waals surface area contributed by atoms with E-state index in [1.54, 1.807) is 6.07 Å². The van der Waals surface area contributed by atoms with Crippen LogP contribution in [0.4, 0.5) is 11.4 Å². The van der Waals surface area contributed by atoms with Crippen LogP contribution in [0.1, 0.15) is 0 Å². The van der Waals surface area contributed by atoms with Crippen molar-refractivity contribution < 1.29 is 14.6 Å². The highest BCUT2D eigenvalue weighted by Crippen LogP contribution is 2.32. The third kappa shape index (κ3) is 4.30. The molecule has 1 aromatic carbocycles. The van der Waals surface area contributed by atoms with Gasteiger partial charge in [0.1, 0.15) is 5.75 Å². The van der Waals surface area contributed by atoms with Crippen molar-refractivity contribution in [2.75, 3.05) is 62.4 Å². The summed E-state index contributed by atoms with van der Waals surface area (Å²) in [6.45, 7) is 6.48. The average Bonchev–Trinajstić information content (AvgIpc) is 2.49. The van der Waals surface area contributed by atoms with E-state index >= 15 is 0 Å². The second-order valence-corrected chi connectivity index (χ2v) is 4.87. The smallest absolute Gasteiger partial charge is 0.139 e. The molecule has 0 bridgehead atoms. The molecule has 120 valence electrons. The normalized spacial score (nSPS) is 18.7. The summed E-state index contributed by atoms with van der Waals surface area (Å²) in [4.78, 5) is 4.48. The Hall–Kier alpha value is -0.880. The van der Waals surface area contributed by atoms with Gasteiger partial charge in [0.05, 0.1) is 32.1 Å². The predicted octanol–water partition coefficient (Wildman–Crippen LogP) is 1.91. The molecule has 2 fully saturated rings. The molecule has 2 aliphatic heterocycles. The number of aromatic hydroxyl groups is 1. The molecule has 0 radical (unpaired) electrons. The van der Waals surface area contributed by atoms with Crippen LogP contribution in [0.3, 0.4) is 0 Å². The summed E-state index contributed by atoms with van der Waals surface area (Å²) >= 11 is 0. The number of hydrogen-bond acceptors (Lipinski definition) is 5. The average molecular weight is 337 g/mol. The molecule has 2 aliphatic rings. The molecule has 2 saturated heterocycles. The fourth-order valence-corrected chi connectivity index (χ4v) is 2.59. The van der Waals surface area contributed by atoms with Crippen LogP contribution in [0.15, 0.2) is 18.2 Å². The van der Waals surface area contributed by atoms with Gasteiger partial charge < -0.3 is 24.4 Å². The number of rotatable bonds is 2. The first-order chi connectivity index (χ1) is 9.34. The molecule has 2 heterocycles. The number of phenols is 1. The van der Waals surface area contributed by atoms with Gasteiger partial charge in [-0.05, 0) is 18.2 Å². The number of benzene rings is 1. The lowest BCUT2D eigenvalue weighted by Crippen LogP contribution is -2.37. The largest absolute Gasteiger partial charge is 0.506 e. The quantitative estimate of drug-likeness (QED) is 0.893. The van der Waals surface area contributed by atoms with Crippen LogP contribution in [-0.2, 0) is 9.47 Å². The highest BCUT2D eigenvalue weighted by atomic mass is 35.5. The van der Waals surface area contributed by atoms with Crippen LogP contribution in [0.25, 0.3) is 0 Å². The van der Waals surface area contributed by atoms with Crippen molar-refractivity contribution in [2.24, 2.45) is 0 Å². The molecular weight excluding hydrogens is 315 g/mol. The van der Waals surface area contributed by atoms with Gasteiger partial charge in [0.15, 0.2) is 0 Å². The Morgan fingerprint density at radius 3 is 1.90 bits per heavy atom. The third-order valence-electron chi connectivity index (χ3n) is 3.69. The Bertz CT molecular complexity index is 436. The summed E-state index contributed by atoms with van der Waals surface area (Å²) < 4.78 is 10.7. The summed E-state index contributed by atoms with van der Waals surface area (Å²) in [7, 11) is 0. The number of halogens is 2. The minimum atomic E-state index is 0. The van der Waals surface area contributed by atoms with Gasteiger partial charge in [0.25, 0.3) is 0 Å². The summed E-state index contributed by atoms with van der Waals surface area (Å²) in [5, 5.41) is 10.1. The molecule has 21 heavy (non-hydrogen) atoms. The van der Waals surface area contributed by atoms with E-state index in [1.165, 1.54) is 0 Å². The second kappa shape index (κ2) is 8.54. The number of anilines is 2. The van der Waals surface area contributed by atoms with E-state index in [9.17, 15) is 5.11 Å². The summed E-state index contributed by atoms with van der Waals surface area (Å²) in [5.74, 6) is 0.346. The van der Waals surface area contributed by atoms with Gasteiger partial charge in [-0.25, -0.2) is 0 Å². The number of ether oxygens (including phenoxy) is 2. The van der Waals surface area contributed by atoms with Crippen LogP contribution < -0.4 is 9.80 Å². The van der Waals surface area contributed by atoms with E-state index in [-0.39, 0.29) is 24.8 Å². The Labute approximate surface area is 137 Å². The zero-order chi connectivity index (χ0) is 13.1. The van der Waals surface area contributed by atoms with Gasteiger partial charge in [-0.2, -0.15) is 0 Å². The van der Waals surface area contributed by atoms with E-state index in [4.69, 9.17) is 9.47 Å². The maximum atomic E-state index is 10.1. The maximum Gasteiger partial charge on any atom is 0.139 e. The van der Waals surface area contributed by atoms with Crippen LogP contribution >= 0.6 is 24.8 Å². The first-order valence-corrected chi connectivity index (χ1v) is 6.83. The lowest BCUT2D eigenvalue weighted by molar-refractivity contribution is 0.122. The summed E-state index contributed by atoms with van der Waals surface area (Å²) in [6, 6.07) is 5.84. The van der Waals surface area contributed by atoms with Crippen molar-refractivity contribution in [1.82, 2.24) is 0 Å². The van der Waals surface area contributed by atoms with Crippen molar-refractivity contribution >= 4 is 36.2 Å². The Morgan fingerprint density at radius 2 is 1.33 bits per heavy atom.